The van der Waals surface area contributed by atoms with Gasteiger partial charge >= 0.3 is 0 Å². The second kappa shape index (κ2) is 6.39. The number of carbonyl (C=O) groups excluding carboxylic acids is 1. The van der Waals surface area contributed by atoms with Gasteiger partial charge in [-0.3, -0.25) is 4.79 Å². The molecule has 6 nitrogen and oxygen atoms in total. The fourth-order valence-corrected chi connectivity index (χ4v) is 4.29. The van der Waals surface area contributed by atoms with Crippen molar-refractivity contribution < 1.29 is 17.7 Å². The van der Waals surface area contributed by atoms with Crippen LogP contribution in [0, 0.1) is 6.92 Å². The lowest BCUT2D eigenvalue weighted by molar-refractivity contribution is -0.116. The van der Waals surface area contributed by atoms with Gasteiger partial charge in [0.1, 0.15) is 11.5 Å². The highest BCUT2D eigenvalue weighted by atomic mass is 32.2. The maximum atomic E-state index is 12.7. The number of sulfone groups is 1. The van der Waals surface area contributed by atoms with Gasteiger partial charge in [0.25, 0.3) is 0 Å². The Bertz CT molecular complexity index is 857. The number of fused-ring (bicyclic) bond motifs is 1. The first kappa shape index (κ1) is 16.7. The van der Waals surface area contributed by atoms with E-state index in [-0.39, 0.29) is 11.8 Å². The van der Waals surface area contributed by atoms with Gasteiger partial charge < -0.3 is 9.42 Å². The Labute approximate surface area is 141 Å². The van der Waals surface area contributed by atoms with E-state index in [4.69, 9.17) is 4.52 Å². The van der Waals surface area contributed by atoms with Crippen LogP contribution in [0.1, 0.15) is 30.4 Å². The standard InChI is InChI=1S/C17H20N2O4S/c1-12-7-8-14-5-3-4-6-16(14)19(12)17(20)11-24(21,22)10-15-9-13(2)23-18-15/h3-6,9,12H,7-8,10-11H2,1-2H3/t12-/m1/s1. The molecule has 0 radical (unpaired) electrons. The molecule has 3 rings (SSSR count). The van der Waals surface area contributed by atoms with E-state index in [1.807, 2.05) is 31.2 Å². The molecule has 1 aliphatic rings. The maximum absolute atomic E-state index is 12.7. The van der Waals surface area contributed by atoms with Crippen LogP contribution < -0.4 is 4.90 Å². The Hall–Kier alpha value is -2.15. The summed E-state index contributed by atoms with van der Waals surface area (Å²) < 4.78 is 29.6. The summed E-state index contributed by atoms with van der Waals surface area (Å²) in [6, 6.07) is 9.20. The summed E-state index contributed by atoms with van der Waals surface area (Å²) in [7, 11) is -3.61. The van der Waals surface area contributed by atoms with E-state index < -0.39 is 21.5 Å². The van der Waals surface area contributed by atoms with Crippen molar-refractivity contribution in [2.75, 3.05) is 10.7 Å². The van der Waals surface area contributed by atoms with Gasteiger partial charge in [-0.15, -0.1) is 0 Å². The van der Waals surface area contributed by atoms with Crippen molar-refractivity contribution >= 4 is 21.4 Å². The fraction of sp³-hybridized carbons (Fsp3) is 0.412. The Balaban J connectivity index is 1.79. The summed E-state index contributed by atoms with van der Waals surface area (Å²) in [5.74, 6) is -0.669. The highest BCUT2D eigenvalue weighted by Gasteiger charge is 2.31. The van der Waals surface area contributed by atoms with Gasteiger partial charge in [0.05, 0.1) is 11.4 Å². The van der Waals surface area contributed by atoms with E-state index in [0.29, 0.717) is 11.5 Å². The lowest BCUT2D eigenvalue weighted by Crippen LogP contribution is -2.45. The maximum Gasteiger partial charge on any atom is 0.242 e. The Morgan fingerprint density at radius 3 is 2.83 bits per heavy atom. The smallest absolute Gasteiger partial charge is 0.242 e. The van der Waals surface area contributed by atoms with Gasteiger partial charge in [0, 0.05) is 17.8 Å². The molecule has 0 aliphatic carbocycles. The fourth-order valence-electron chi connectivity index (χ4n) is 3.09. The van der Waals surface area contributed by atoms with Crippen LogP contribution in [0.25, 0.3) is 0 Å². The number of nitrogens with zero attached hydrogens (tertiary/aromatic N) is 2. The number of aromatic nitrogens is 1. The van der Waals surface area contributed by atoms with E-state index in [9.17, 15) is 13.2 Å². The van der Waals surface area contributed by atoms with Crippen LogP contribution >= 0.6 is 0 Å². The second-order valence-electron chi connectivity index (χ2n) is 6.24. The first-order chi connectivity index (χ1) is 11.4. The summed E-state index contributed by atoms with van der Waals surface area (Å²) in [5, 5.41) is 3.69. The highest BCUT2D eigenvalue weighted by Crippen LogP contribution is 2.30. The number of carbonyl (C=O) groups is 1. The third kappa shape index (κ3) is 3.51. The number of para-hydroxylation sites is 1. The van der Waals surface area contributed by atoms with Crippen molar-refractivity contribution in [2.45, 2.75) is 38.5 Å². The molecule has 1 atom stereocenters. The first-order valence-electron chi connectivity index (χ1n) is 7.88. The molecule has 0 saturated heterocycles. The third-order valence-corrected chi connectivity index (χ3v) is 5.60. The average molecular weight is 348 g/mol. The monoisotopic (exact) mass is 348 g/mol. The number of hydrogen-bond acceptors (Lipinski definition) is 5. The summed E-state index contributed by atoms with van der Waals surface area (Å²) in [6.45, 7) is 3.64. The summed E-state index contributed by atoms with van der Waals surface area (Å²) in [6.07, 6.45) is 1.72. The molecule has 0 N–H and O–H groups in total. The van der Waals surface area contributed by atoms with Gasteiger partial charge in [-0.2, -0.15) is 0 Å². The number of hydrogen-bond donors (Lipinski definition) is 0. The van der Waals surface area contributed by atoms with Crippen molar-refractivity contribution in [2.24, 2.45) is 0 Å². The molecule has 0 saturated carbocycles. The predicted octanol–water partition coefficient (Wildman–Crippen LogP) is 2.27. The molecule has 0 fully saturated rings. The molecule has 7 heteroatoms. The van der Waals surface area contributed by atoms with Crippen molar-refractivity contribution in [1.82, 2.24) is 5.16 Å². The predicted molar refractivity (Wildman–Crippen MR) is 90.4 cm³/mol. The van der Waals surface area contributed by atoms with Gasteiger partial charge in [-0.1, -0.05) is 23.4 Å². The quantitative estimate of drug-likeness (QED) is 0.847. The summed E-state index contributed by atoms with van der Waals surface area (Å²) >= 11 is 0. The topological polar surface area (TPSA) is 80.5 Å². The second-order valence-corrected chi connectivity index (χ2v) is 8.31. The lowest BCUT2D eigenvalue weighted by Gasteiger charge is -2.35. The zero-order valence-electron chi connectivity index (χ0n) is 13.7. The lowest BCUT2D eigenvalue weighted by atomic mass is 9.97. The number of amides is 1. The van der Waals surface area contributed by atoms with Crippen LogP contribution in [0.2, 0.25) is 0 Å². The molecule has 1 aliphatic heterocycles. The number of aryl methyl sites for hydroxylation is 2. The van der Waals surface area contributed by atoms with E-state index in [2.05, 4.69) is 5.16 Å². The van der Waals surface area contributed by atoms with Crippen molar-refractivity contribution in [3.05, 3.63) is 47.3 Å². The van der Waals surface area contributed by atoms with E-state index in [1.165, 1.54) is 0 Å². The van der Waals surface area contributed by atoms with Crippen LogP contribution in [-0.4, -0.2) is 31.3 Å². The van der Waals surface area contributed by atoms with E-state index in [0.717, 1.165) is 24.1 Å². The van der Waals surface area contributed by atoms with Crippen LogP contribution in [0.4, 0.5) is 5.69 Å². The number of benzene rings is 1. The van der Waals surface area contributed by atoms with Crippen LogP contribution in [0.3, 0.4) is 0 Å². The minimum Gasteiger partial charge on any atom is -0.361 e. The Kier molecular flexibility index (Phi) is 4.45. The first-order valence-corrected chi connectivity index (χ1v) is 9.70. The van der Waals surface area contributed by atoms with Gasteiger partial charge in [0.15, 0.2) is 9.84 Å². The zero-order chi connectivity index (χ0) is 17.3. The van der Waals surface area contributed by atoms with Crippen LogP contribution in [0.5, 0.6) is 0 Å². The largest absolute Gasteiger partial charge is 0.361 e. The number of rotatable bonds is 4. The molecule has 1 amide bonds. The van der Waals surface area contributed by atoms with Crippen LogP contribution in [-0.2, 0) is 26.8 Å². The normalized spacial score (nSPS) is 17.6. The summed E-state index contributed by atoms with van der Waals surface area (Å²) in [4.78, 5) is 14.3. The molecular weight excluding hydrogens is 328 g/mol. The van der Waals surface area contributed by atoms with Crippen molar-refractivity contribution in [3.8, 4) is 0 Å². The molecular formula is C17H20N2O4S. The molecule has 2 aromatic rings. The average Bonchev–Trinajstić information content (AvgIpc) is 2.90. The molecule has 0 spiro atoms. The van der Waals surface area contributed by atoms with Crippen LogP contribution in [0.15, 0.2) is 34.9 Å². The van der Waals surface area contributed by atoms with E-state index >= 15 is 0 Å². The van der Waals surface area contributed by atoms with Gasteiger partial charge in [-0.25, -0.2) is 8.42 Å². The molecule has 1 aromatic heterocycles. The molecule has 0 unspecified atom stereocenters. The molecule has 128 valence electrons. The van der Waals surface area contributed by atoms with Gasteiger partial charge in [0.2, 0.25) is 5.91 Å². The summed E-state index contributed by atoms with van der Waals surface area (Å²) in [5.41, 5.74) is 2.22. The van der Waals surface area contributed by atoms with Gasteiger partial charge in [-0.05, 0) is 38.3 Å². The zero-order valence-corrected chi connectivity index (χ0v) is 14.5. The Morgan fingerprint density at radius 1 is 1.38 bits per heavy atom. The SMILES string of the molecule is Cc1cc(CS(=O)(=O)CC(=O)N2c3ccccc3CC[C@H]2C)no1. The highest BCUT2D eigenvalue weighted by molar-refractivity contribution is 7.91. The Morgan fingerprint density at radius 2 is 2.12 bits per heavy atom. The third-order valence-electron chi connectivity index (χ3n) is 4.18. The van der Waals surface area contributed by atoms with Crippen molar-refractivity contribution in [1.29, 1.82) is 0 Å². The minimum absolute atomic E-state index is 0.0168. The van der Waals surface area contributed by atoms with Crippen molar-refractivity contribution in [3.63, 3.8) is 0 Å². The molecule has 0 bridgehead atoms. The molecule has 1 aromatic carbocycles. The number of anilines is 1. The molecule has 24 heavy (non-hydrogen) atoms. The van der Waals surface area contributed by atoms with E-state index in [1.54, 1.807) is 17.9 Å². The molecule has 2 heterocycles. The minimum atomic E-state index is -3.61.